The third kappa shape index (κ3) is 5.15. The Balaban J connectivity index is 2.58. The number of nitrogens with two attached hydrogens (primary N) is 2. The zero-order chi connectivity index (χ0) is 14.4. The monoisotopic (exact) mass is 284 g/mol. The van der Waals surface area contributed by atoms with Crippen LogP contribution in [0.1, 0.15) is 6.92 Å². The Morgan fingerprint density at radius 3 is 2.58 bits per heavy atom. The molecule has 1 aromatic carbocycles. The summed E-state index contributed by atoms with van der Waals surface area (Å²) in [6.07, 6.45) is 0. The number of carbonyl (C=O) groups is 2. The van der Waals surface area contributed by atoms with Gasteiger partial charge in [-0.15, -0.1) is 0 Å². The van der Waals surface area contributed by atoms with Gasteiger partial charge < -0.3 is 16.8 Å². The molecule has 7 heteroatoms. The van der Waals surface area contributed by atoms with Gasteiger partial charge in [-0.2, -0.15) is 0 Å². The lowest BCUT2D eigenvalue weighted by Crippen LogP contribution is -2.39. The van der Waals surface area contributed by atoms with Crippen molar-refractivity contribution in [2.75, 3.05) is 30.7 Å². The highest BCUT2D eigenvalue weighted by molar-refractivity contribution is 6.33. The van der Waals surface area contributed by atoms with E-state index < -0.39 is 5.91 Å². The Labute approximate surface area is 116 Å². The van der Waals surface area contributed by atoms with Gasteiger partial charge in [-0.3, -0.25) is 14.5 Å². The molecule has 0 radical (unpaired) electrons. The molecule has 2 amide bonds. The van der Waals surface area contributed by atoms with Crippen LogP contribution < -0.4 is 16.8 Å². The van der Waals surface area contributed by atoms with E-state index in [-0.39, 0.29) is 19.0 Å². The SMILES string of the molecule is CCN(CC(N)=O)CC(=O)Nc1ccc(Cl)c(N)c1. The van der Waals surface area contributed by atoms with Gasteiger partial charge in [-0.1, -0.05) is 18.5 Å². The number of likely N-dealkylation sites (N-methyl/N-ethyl adjacent to an activating group) is 1. The van der Waals surface area contributed by atoms with Crippen LogP contribution in [0.25, 0.3) is 0 Å². The van der Waals surface area contributed by atoms with Crippen molar-refractivity contribution >= 4 is 34.8 Å². The molecule has 5 N–H and O–H groups in total. The van der Waals surface area contributed by atoms with Crippen LogP contribution in [0.15, 0.2) is 18.2 Å². The van der Waals surface area contributed by atoms with Crippen molar-refractivity contribution in [2.45, 2.75) is 6.92 Å². The number of rotatable bonds is 6. The van der Waals surface area contributed by atoms with Gasteiger partial charge in [0, 0.05) is 5.69 Å². The van der Waals surface area contributed by atoms with Crippen LogP contribution in [0, 0.1) is 0 Å². The molecule has 0 fully saturated rings. The number of nitrogen functional groups attached to an aromatic ring is 1. The molecule has 1 aromatic rings. The first-order valence-corrected chi connectivity index (χ1v) is 6.15. The summed E-state index contributed by atoms with van der Waals surface area (Å²) in [6, 6.07) is 4.83. The van der Waals surface area contributed by atoms with E-state index in [1.54, 1.807) is 23.1 Å². The van der Waals surface area contributed by atoms with Gasteiger partial charge in [0.05, 0.1) is 23.8 Å². The average Bonchev–Trinajstić information content (AvgIpc) is 2.32. The van der Waals surface area contributed by atoms with Gasteiger partial charge in [0.15, 0.2) is 0 Å². The summed E-state index contributed by atoms with van der Waals surface area (Å²) >= 11 is 5.78. The number of anilines is 2. The fourth-order valence-electron chi connectivity index (χ4n) is 1.53. The summed E-state index contributed by atoms with van der Waals surface area (Å²) in [5.41, 5.74) is 11.7. The number of carbonyl (C=O) groups excluding carboxylic acids is 2. The molecule has 0 bridgehead atoms. The van der Waals surface area contributed by atoms with Crippen LogP contribution in [-0.2, 0) is 9.59 Å². The molecule has 0 spiro atoms. The second-order valence-electron chi connectivity index (χ2n) is 4.05. The molecule has 0 unspecified atom stereocenters. The summed E-state index contributed by atoms with van der Waals surface area (Å²) < 4.78 is 0. The topological polar surface area (TPSA) is 101 Å². The van der Waals surface area contributed by atoms with Gasteiger partial charge in [0.25, 0.3) is 0 Å². The van der Waals surface area contributed by atoms with E-state index >= 15 is 0 Å². The molecule has 0 heterocycles. The average molecular weight is 285 g/mol. The third-order valence-electron chi connectivity index (χ3n) is 2.47. The number of hydrogen-bond donors (Lipinski definition) is 3. The van der Waals surface area contributed by atoms with Crippen LogP contribution >= 0.6 is 11.6 Å². The minimum Gasteiger partial charge on any atom is -0.397 e. The summed E-state index contributed by atoms with van der Waals surface area (Å²) in [6.45, 7) is 2.53. The predicted octanol–water partition coefficient (Wildman–Crippen LogP) is 0.668. The first-order chi connectivity index (χ1) is 8.92. The molecule has 0 aliphatic carbocycles. The van der Waals surface area contributed by atoms with Crippen molar-refractivity contribution in [1.82, 2.24) is 4.90 Å². The Morgan fingerprint density at radius 2 is 2.05 bits per heavy atom. The Morgan fingerprint density at radius 1 is 1.37 bits per heavy atom. The van der Waals surface area contributed by atoms with E-state index in [0.717, 1.165) is 0 Å². The second-order valence-corrected chi connectivity index (χ2v) is 4.46. The van der Waals surface area contributed by atoms with E-state index in [1.807, 2.05) is 6.92 Å². The smallest absolute Gasteiger partial charge is 0.238 e. The summed E-state index contributed by atoms with van der Waals surface area (Å²) in [7, 11) is 0. The maximum absolute atomic E-state index is 11.8. The number of halogens is 1. The van der Waals surface area contributed by atoms with Gasteiger partial charge in [-0.25, -0.2) is 0 Å². The molecular weight excluding hydrogens is 268 g/mol. The van der Waals surface area contributed by atoms with Crippen molar-refractivity contribution in [1.29, 1.82) is 0 Å². The van der Waals surface area contributed by atoms with E-state index in [1.165, 1.54) is 0 Å². The second kappa shape index (κ2) is 6.96. The molecule has 0 aliphatic rings. The van der Waals surface area contributed by atoms with E-state index in [2.05, 4.69) is 5.32 Å². The highest BCUT2D eigenvalue weighted by atomic mass is 35.5. The lowest BCUT2D eigenvalue weighted by atomic mass is 10.3. The first-order valence-electron chi connectivity index (χ1n) is 5.78. The summed E-state index contributed by atoms with van der Waals surface area (Å²) in [4.78, 5) is 24.2. The molecular formula is C12H17ClN4O2. The molecule has 0 saturated heterocycles. The normalized spacial score (nSPS) is 10.5. The fraction of sp³-hybridized carbons (Fsp3) is 0.333. The summed E-state index contributed by atoms with van der Waals surface area (Å²) in [5.74, 6) is -0.713. The number of nitrogens with zero attached hydrogens (tertiary/aromatic N) is 1. The van der Waals surface area contributed by atoms with Crippen molar-refractivity contribution in [3.8, 4) is 0 Å². The van der Waals surface area contributed by atoms with Crippen molar-refractivity contribution in [3.63, 3.8) is 0 Å². The minimum absolute atomic E-state index is 0.0483. The Bertz CT molecular complexity index is 479. The first kappa shape index (κ1) is 15.3. The predicted molar refractivity (Wildman–Crippen MR) is 75.8 cm³/mol. The van der Waals surface area contributed by atoms with Crippen LogP contribution in [0.5, 0.6) is 0 Å². The van der Waals surface area contributed by atoms with Crippen molar-refractivity contribution < 1.29 is 9.59 Å². The number of hydrogen-bond acceptors (Lipinski definition) is 4. The molecule has 0 atom stereocenters. The van der Waals surface area contributed by atoms with Crippen LogP contribution in [0.4, 0.5) is 11.4 Å². The largest absolute Gasteiger partial charge is 0.397 e. The van der Waals surface area contributed by atoms with Crippen molar-refractivity contribution in [3.05, 3.63) is 23.2 Å². The molecule has 104 valence electrons. The van der Waals surface area contributed by atoms with E-state index in [0.29, 0.717) is 22.9 Å². The van der Waals surface area contributed by atoms with E-state index in [9.17, 15) is 9.59 Å². The lowest BCUT2D eigenvalue weighted by molar-refractivity contribution is -0.121. The van der Waals surface area contributed by atoms with E-state index in [4.69, 9.17) is 23.1 Å². The highest BCUT2D eigenvalue weighted by Gasteiger charge is 2.11. The van der Waals surface area contributed by atoms with Gasteiger partial charge in [0.2, 0.25) is 11.8 Å². The molecule has 1 rings (SSSR count). The van der Waals surface area contributed by atoms with Crippen LogP contribution in [0.3, 0.4) is 0 Å². The fourth-order valence-corrected chi connectivity index (χ4v) is 1.64. The minimum atomic E-state index is -0.467. The number of nitrogens with one attached hydrogen (secondary N) is 1. The Kier molecular flexibility index (Phi) is 5.59. The van der Waals surface area contributed by atoms with Crippen LogP contribution in [0.2, 0.25) is 5.02 Å². The van der Waals surface area contributed by atoms with Crippen LogP contribution in [-0.4, -0.2) is 36.3 Å². The summed E-state index contributed by atoms with van der Waals surface area (Å²) in [5, 5.41) is 3.11. The lowest BCUT2D eigenvalue weighted by Gasteiger charge is -2.17. The standard InChI is InChI=1S/C12H17ClN4O2/c1-2-17(6-11(15)18)7-12(19)16-8-3-4-9(13)10(14)5-8/h3-5H,2,6-7,14H2,1H3,(H2,15,18)(H,16,19). The molecule has 19 heavy (non-hydrogen) atoms. The maximum Gasteiger partial charge on any atom is 0.238 e. The zero-order valence-corrected chi connectivity index (χ0v) is 11.4. The highest BCUT2D eigenvalue weighted by Crippen LogP contribution is 2.22. The van der Waals surface area contributed by atoms with Gasteiger partial charge in [-0.05, 0) is 24.7 Å². The van der Waals surface area contributed by atoms with Crippen molar-refractivity contribution in [2.24, 2.45) is 5.73 Å². The number of amides is 2. The molecule has 0 saturated carbocycles. The molecule has 6 nitrogen and oxygen atoms in total. The Hall–Kier alpha value is -1.79. The number of primary amides is 1. The molecule has 0 aliphatic heterocycles. The molecule has 0 aromatic heterocycles. The zero-order valence-electron chi connectivity index (χ0n) is 10.6. The number of benzene rings is 1. The quantitative estimate of drug-likeness (QED) is 0.668. The van der Waals surface area contributed by atoms with Gasteiger partial charge >= 0.3 is 0 Å². The maximum atomic E-state index is 11.8. The van der Waals surface area contributed by atoms with Gasteiger partial charge in [0.1, 0.15) is 0 Å². The third-order valence-corrected chi connectivity index (χ3v) is 2.82.